The van der Waals surface area contributed by atoms with Crippen LogP contribution in [-0.2, 0) is 4.79 Å². The van der Waals surface area contributed by atoms with Gasteiger partial charge in [0, 0.05) is 11.3 Å². The number of aliphatic hydroxyl groups is 5. The van der Waals surface area contributed by atoms with Crippen molar-refractivity contribution in [3.63, 3.8) is 0 Å². The van der Waals surface area contributed by atoms with Gasteiger partial charge in [-0.3, -0.25) is 4.79 Å². The summed E-state index contributed by atoms with van der Waals surface area (Å²) in [5.74, 6) is -2.11. The van der Waals surface area contributed by atoms with Gasteiger partial charge in [-0.2, -0.15) is 0 Å². The highest BCUT2D eigenvalue weighted by molar-refractivity contribution is 6.04. The first kappa shape index (κ1) is 18.6. The lowest BCUT2D eigenvalue weighted by atomic mass is 9.38. The summed E-state index contributed by atoms with van der Waals surface area (Å²) in [6.45, 7) is 7.58. The average molecular weight is 366 g/mol. The highest BCUT2D eigenvalue weighted by Crippen LogP contribution is 2.70. The van der Waals surface area contributed by atoms with Crippen LogP contribution in [0.5, 0.6) is 0 Å². The maximum atomic E-state index is 13.2. The lowest BCUT2D eigenvalue weighted by Crippen LogP contribution is -2.72. The highest BCUT2D eigenvalue weighted by atomic mass is 16.3. The number of carbonyl (C=O) groups is 1. The van der Waals surface area contributed by atoms with Crippen LogP contribution in [0.15, 0.2) is 12.2 Å². The first-order valence-corrected chi connectivity index (χ1v) is 9.63. The van der Waals surface area contributed by atoms with Gasteiger partial charge in [0.05, 0.1) is 36.4 Å². The lowest BCUT2D eigenvalue weighted by Gasteiger charge is -2.67. The molecule has 0 aromatic rings. The largest absolute Gasteiger partial charge is 0.396 e. The molecule has 5 N–H and O–H groups in total. The van der Waals surface area contributed by atoms with Crippen molar-refractivity contribution in [3.8, 4) is 0 Å². The van der Waals surface area contributed by atoms with Gasteiger partial charge in [-0.25, -0.2) is 0 Å². The van der Waals surface area contributed by atoms with Crippen molar-refractivity contribution in [1.29, 1.82) is 0 Å². The standard InChI is InChI=1S/C20H30O6/c1-9-15-10(22)6-12-19(8-21)11(18(2,3)5-4-13(19)23)7-14(24)20(12,16(9)25)17(15)26/h10-15,17,21-24,26H,1,4-8H2,2-3H3/t10?,11-,12+,13?,14?,15?,17-,19?,20?/m1/s1. The van der Waals surface area contributed by atoms with E-state index in [9.17, 15) is 30.3 Å². The van der Waals surface area contributed by atoms with Gasteiger partial charge in [0.1, 0.15) is 0 Å². The molecule has 0 aliphatic heterocycles. The molecule has 1 spiro atoms. The van der Waals surface area contributed by atoms with E-state index in [2.05, 4.69) is 20.4 Å². The molecule has 4 saturated carbocycles. The highest BCUT2D eigenvalue weighted by Gasteiger charge is 2.77. The Morgan fingerprint density at radius 3 is 2.35 bits per heavy atom. The van der Waals surface area contributed by atoms with Crippen molar-refractivity contribution in [3.05, 3.63) is 12.2 Å². The number of fused-ring (bicyclic) bond motifs is 3. The van der Waals surface area contributed by atoms with E-state index in [-0.39, 0.29) is 36.4 Å². The van der Waals surface area contributed by atoms with Gasteiger partial charge in [0.25, 0.3) is 0 Å². The van der Waals surface area contributed by atoms with Crippen LogP contribution >= 0.6 is 0 Å². The fraction of sp³-hybridized carbons (Fsp3) is 0.850. The van der Waals surface area contributed by atoms with Crippen LogP contribution in [0.1, 0.15) is 39.5 Å². The predicted octanol–water partition coefficient (Wildman–Crippen LogP) is 0.01000. The second-order valence-electron chi connectivity index (χ2n) is 9.73. The second-order valence-corrected chi connectivity index (χ2v) is 9.73. The molecule has 146 valence electrons. The number of ketones is 1. The minimum absolute atomic E-state index is 0.155. The van der Waals surface area contributed by atoms with Crippen molar-refractivity contribution in [2.24, 2.45) is 34.0 Å². The van der Waals surface area contributed by atoms with Crippen LogP contribution in [0.4, 0.5) is 0 Å². The molecule has 9 atom stereocenters. The van der Waals surface area contributed by atoms with E-state index >= 15 is 0 Å². The molecule has 0 aromatic carbocycles. The van der Waals surface area contributed by atoms with E-state index in [0.29, 0.717) is 6.42 Å². The van der Waals surface area contributed by atoms with Gasteiger partial charge in [-0.05, 0) is 48.5 Å². The molecule has 0 heterocycles. The molecule has 6 unspecified atom stereocenters. The number of aliphatic hydroxyl groups excluding tert-OH is 5. The molecule has 4 aliphatic carbocycles. The Hall–Kier alpha value is -0.790. The monoisotopic (exact) mass is 366 g/mol. The maximum absolute atomic E-state index is 13.2. The summed E-state index contributed by atoms with van der Waals surface area (Å²) >= 11 is 0. The van der Waals surface area contributed by atoms with Crippen LogP contribution in [-0.4, -0.2) is 62.3 Å². The zero-order valence-corrected chi connectivity index (χ0v) is 15.4. The third kappa shape index (κ3) is 1.78. The van der Waals surface area contributed by atoms with E-state index in [4.69, 9.17) is 0 Å². The summed E-state index contributed by atoms with van der Waals surface area (Å²) in [7, 11) is 0. The molecule has 26 heavy (non-hydrogen) atoms. The minimum atomic E-state index is -1.49. The molecule has 6 nitrogen and oxygen atoms in total. The summed E-state index contributed by atoms with van der Waals surface area (Å²) in [6, 6.07) is 0. The summed E-state index contributed by atoms with van der Waals surface area (Å²) in [5, 5.41) is 54.4. The molecule has 4 fully saturated rings. The summed E-state index contributed by atoms with van der Waals surface area (Å²) in [4.78, 5) is 13.2. The van der Waals surface area contributed by atoms with Gasteiger partial charge in [-0.15, -0.1) is 0 Å². The molecule has 0 amide bonds. The number of hydrogen-bond donors (Lipinski definition) is 5. The maximum Gasteiger partial charge on any atom is 0.170 e. The van der Waals surface area contributed by atoms with Crippen LogP contribution in [0.25, 0.3) is 0 Å². The van der Waals surface area contributed by atoms with E-state index in [1.165, 1.54) is 0 Å². The van der Waals surface area contributed by atoms with E-state index in [1.54, 1.807) is 0 Å². The van der Waals surface area contributed by atoms with E-state index < -0.39 is 52.9 Å². The molecule has 4 rings (SSSR count). The Kier molecular flexibility index (Phi) is 3.85. The second kappa shape index (κ2) is 5.39. The minimum Gasteiger partial charge on any atom is -0.396 e. The SMILES string of the molecule is C=C1C(=O)C23C(O)C[C@@H]4C(C)(C)CCC(O)C4(CO)[C@@H]2CC(O)C1[C@H]3O. The van der Waals surface area contributed by atoms with Crippen LogP contribution in [0.3, 0.4) is 0 Å². The number of carbonyl (C=O) groups excluding carboxylic acids is 1. The van der Waals surface area contributed by atoms with Gasteiger partial charge >= 0.3 is 0 Å². The number of Topliss-reactive ketones (excluding diaryl/α,β-unsaturated/α-hetero) is 1. The smallest absolute Gasteiger partial charge is 0.170 e. The van der Waals surface area contributed by atoms with Gasteiger partial charge in [-0.1, -0.05) is 20.4 Å². The van der Waals surface area contributed by atoms with Crippen molar-refractivity contribution in [2.45, 2.75) is 63.9 Å². The quantitative estimate of drug-likeness (QED) is 0.417. The van der Waals surface area contributed by atoms with Crippen molar-refractivity contribution in [2.75, 3.05) is 6.61 Å². The van der Waals surface area contributed by atoms with Crippen molar-refractivity contribution in [1.82, 2.24) is 0 Å². The van der Waals surface area contributed by atoms with Gasteiger partial charge in [0.15, 0.2) is 5.78 Å². The average Bonchev–Trinajstić information content (AvgIpc) is 2.71. The van der Waals surface area contributed by atoms with Crippen LogP contribution in [0, 0.1) is 34.0 Å². The predicted molar refractivity (Wildman–Crippen MR) is 92.8 cm³/mol. The van der Waals surface area contributed by atoms with Gasteiger partial charge in [0.2, 0.25) is 0 Å². The fourth-order valence-corrected chi connectivity index (χ4v) is 7.36. The number of hydrogen-bond acceptors (Lipinski definition) is 6. The van der Waals surface area contributed by atoms with E-state index in [1.807, 2.05) is 0 Å². The Labute approximate surface area is 153 Å². The molecule has 0 aromatic heterocycles. The Morgan fingerprint density at radius 2 is 1.73 bits per heavy atom. The van der Waals surface area contributed by atoms with Gasteiger partial charge < -0.3 is 25.5 Å². The zero-order valence-electron chi connectivity index (χ0n) is 15.4. The molecule has 2 bridgehead atoms. The molecule has 4 aliphatic rings. The zero-order chi connectivity index (χ0) is 19.2. The Balaban J connectivity index is 1.96. The first-order valence-electron chi connectivity index (χ1n) is 9.63. The van der Waals surface area contributed by atoms with Crippen molar-refractivity contribution >= 4 is 5.78 Å². The normalized spacial score (nSPS) is 55.4. The topological polar surface area (TPSA) is 118 Å². The fourth-order valence-electron chi connectivity index (χ4n) is 7.36. The number of rotatable bonds is 1. The summed E-state index contributed by atoms with van der Waals surface area (Å²) < 4.78 is 0. The van der Waals surface area contributed by atoms with E-state index in [0.717, 1.165) is 6.42 Å². The third-order valence-electron chi connectivity index (χ3n) is 8.59. The molecule has 0 saturated heterocycles. The van der Waals surface area contributed by atoms with Crippen LogP contribution < -0.4 is 0 Å². The summed E-state index contributed by atoms with van der Waals surface area (Å²) in [5.41, 5.74) is -2.61. The Bertz CT molecular complexity index is 659. The third-order valence-corrected chi connectivity index (χ3v) is 8.59. The molecule has 0 radical (unpaired) electrons. The van der Waals surface area contributed by atoms with Crippen molar-refractivity contribution < 1.29 is 30.3 Å². The molecular weight excluding hydrogens is 336 g/mol. The Morgan fingerprint density at radius 1 is 1.08 bits per heavy atom. The molecule has 6 heteroatoms. The van der Waals surface area contributed by atoms with Crippen LogP contribution in [0.2, 0.25) is 0 Å². The first-order chi connectivity index (χ1) is 12.1. The summed E-state index contributed by atoms with van der Waals surface area (Å²) in [6.07, 6.45) is -2.52. The lowest BCUT2D eigenvalue weighted by molar-refractivity contribution is -0.276. The molecular formula is C20H30O6.